The maximum atomic E-state index is 13.4. The van der Waals surface area contributed by atoms with Gasteiger partial charge in [0.05, 0.1) is 25.3 Å². The molecule has 1 aliphatic rings. The van der Waals surface area contributed by atoms with E-state index >= 15 is 0 Å². The van der Waals surface area contributed by atoms with Crippen LogP contribution >= 0.6 is 11.6 Å². The standard InChI is InChI=1S/C28H26ClNO6/c1-5-36-23-14-17(6-10-21(23)31)25-24(26(32)18-7-11-22(35-4)16(3)12-18)27(33)28(34)30(25)20-9-8-19(29)13-15(20)2/h6-14,25,31-32H,5H2,1-4H3/b26-24+. The fourth-order valence-electron chi connectivity index (χ4n) is 4.44. The highest BCUT2D eigenvalue weighted by molar-refractivity contribution is 6.51. The molecule has 0 spiro atoms. The number of carbonyl (C=O) groups is 2. The number of phenolic OH excluding ortho intramolecular Hbond substituents is 1. The van der Waals surface area contributed by atoms with Gasteiger partial charge in [-0.05, 0) is 86.0 Å². The van der Waals surface area contributed by atoms with Crippen LogP contribution in [0.2, 0.25) is 5.02 Å². The minimum atomic E-state index is -0.980. The molecule has 1 saturated heterocycles. The zero-order chi connectivity index (χ0) is 26.1. The number of aryl methyl sites for hydroxylation is 2. The average Bonchev–Trinajstić information content (AvgIpc) is 3.10. The van der Waals surface area contributed by atoms with Crippen molar-refractivity contribution in [2.24, 2.45) is 0 Å². The Morgan fingerprint density at radius 3 is 2.39 bits per heavy atom. The summed E-state index contributed by atoms with van der Waals surface area (Å²) in [5, 5.41) is 22.1. The topological polar surface area (TPSA) is 96.3 Å². The molecule has 0 radical (unpaired) electrons. The van der Waals surface area contributed by atoms with E-state index in [1.54, 1.807) is 69.5 Å². The van der Waals surface area contributed by atoms with E-state index in [0.29, 0.717) is 39.8 Å². The van der Waals surface area contributed by atoms with E-state index in [0.717, 1.165) is 5.56 Å². The first-order valence-corrected chi connectivity index (χ1v) is 11.7. The van der Waals surface area contributed by atoms with Gasteiger partial charge in [-0.2, -0.15) is 0 Å². The lowest BCUT2D eigenvalue weighted by molar-refractivity contribution is -0.132. The summed E-state index contributed by atoms with van der Waals surface area (Å²) < 4.78 is 10.8. The second-order valence-electron chi connectivity index (χ2n) is 8.44. The molecule has 3 aromatic rings. The first-order chi connectivity index (χ1) is 17.2. The van der Waals surface area contributed by atoms with Gasteiger partial charge in [0, 0.05) is 16.3 Å². The van der Waals surface area contributed by atoms with Crippen molar-refractivity contribution in [2.45, 2.75) is 26.8 Å². The highest BCUT2D eigenvalue weighted by Crippen LogP contribution is 2.45. The molecule has 1 fully saturated rings. The summed E-state index contributed by atoms with van der Waals surface area (Å²) in [6.45, 7) is 5.68. The van der Waals surface area contributed by atoms with Crippen molar-refractivity contribution >= 4 is 34.7 Å². The summed E-state index contributed by atoms with van der Waals surface area (Å²) in [6.07, 6.45) is 0. The number of amides is 1. The van der Waals surface area contributed by atoms with Crippen molar-refractivity contribution in [1.82, 2.24) is 0 Å². The average molecular weight is 508 g/mol. The van der Waals surface area contributed by atoms with Gasteiger partial charge in [-0.15, -0.1) is 0 Å². The van der Waals surface area contributed by atoms with Crippen molar-refractivity contribution in [2.75, 3.05) is 18.6 Å². The van der Waals surface area contributed by atoms with E-state index in [4.69, 9.17) is 21.1 Å². The SMILES string of the molecule is CCOc1cc(C2/C(=C(\O)c3ccc(OC)c(C)c3)C(=O)C(=O)N2c2ccc(Cl)cc2C)ccc1O. The lowest BCUT2D eigenvalue weighted by Gasteiger charge is -2.27. The van der Waals surface area contributed by atoms with Gasteiger partial charge >= 0.3 is 0 Å². The Bertz CT molecular complexity index is 1400. The van der Waals surface area contributed by atoms with Crippen molar-refractivity contribution in [3.05, 3.63) is 87.4 Å². The number of Topliss-reactive ketones (excluding diaryl/α,β-unsaturated/α-hetero) is 1. The Morgan fingerprint density at radius 2 is 1.75 bits per heavy atom. The molecule has 1 atom stereocenters. The molecular weight excluding hydrogens is 482 g/mol. The predicted octanol–water partition coefficient (Wildman–Crippen LogP) is 5.70. The van der Waals surface area contributed by atoms with Gasteiger partial charge in [0.2, 0.25) is 0 Å². The Morgan fingerprint density at radius 1 is 1.00 bits per heavy atom. The number of methoxy groups -OCH3 is 1. The van der Waals surface area contributed by atoms with Gasteiger partial charge in [-0.1, -0.05) is 17.7 Å². The van der Waals surface area contributed by atoms with Crippen LogP contribution in [-0.4, -0.2) is 35.6 Å². The molecule has 2 N–H and O–H groups in total. The van der Waals surface area contributed by atoms with Crippen LogP contribution in [0.15, 0.2) is 60.2 Å². The molecule has 1 aliphatic heterocycles. The summed E-state index contributed by atoms with van der Waals surface area (Å²) in [6, 6.07) is 13.6. The third-order valence-electron chi connectivity index (χ3n) is 6.13. The molecule has 7 nitrogen and oxygen atoms in total. The normalized spacial score (nSPS) is 16.9. The zero-order valence-electron chi connectivity index (χ0n) is 20.3. The maximum absolute atomic E-state index is 13.4. The van der Waals surface area contributed by atoms with Gasteiger partial charge in [-0.25, -0.2) is 0 Å². The van der Waals surface area contributed by atoms with Gasteiger partial charge < -0.3 is 19.7 Å². The van der Waals surface area contributed by atoms with Crippen molar-refractivity contribution < 1.29 is 29.3 Å². The van der Waals surface area contributed by atoms with Crippen LogP contribution in [0, 0.1) is 13.8 Å². The number of hydrogen-bond donors (Lipinski definition) is 2. The van der Waals surface area contributed by atoms with E-state index in [1.807, 2.05) is 6.92 Å². The molecule has 1 heterocycles. The van der Waals surface area contributed by atoms with Gasteiger partial charge in [0.25, 0.3) is 11.7 Å². The second-order valence-corrected chi connectivity index (χ2v) is 8.88. The second kappa shape index (κ2) is 9.95. The smallest absolute Gasteiger partial charge is 0.300 e. The zero-order valence-corrected chi connectivity index (χ0v) is 21.1. The third-order valence-corrected chi connectivity index (χ3v) is 6.37. The van der Waals surface area contributed by atoms with E-state index in [1.165, 1.54) is 11.0 Å². The highest BCUT2D eigenvalue weighted by atomic mass is 35.5. The maximum Gasteiger partial charge on any atom is 0.300 e. The number of halogens is 1. The van der Waals surface area contributed by atoms with Gasteiger partial charge in [0.1, 0.15) is 11.5 Å². The summed E-state index contributed by atoms with van der Waals surface area (Å²) in [5.74, 6) is -1.18. The number of ether oxygens (including phenoxy) is 2. The number of carbonyl (C=O) groups excluding carboxylic acids is 2. The summed E-state index contributed by atoms with van der Waals surface area (Å²) in [7, 11) is 1.54. The number of ketones is 1. The predicted molar refractivity (Wildman–Crippen MR) is 138 cm³/mol. The minimum Gasteiger partial charge on any atom is -0.507 e. The summed E-state index contributed by atoms with van der Waals surface area (Å²) in [5.41, 5.74) is 2.68. The van der Waals surface area contributed by atoms with Crippen LogP contribution < -0.4 is 14.4 Å². The van der Waals surface area contributed by atoms with Gasteiger partial charge in [-0.3, -0.25) is 14.5 Å². The number of benzene rings is 3. The molecule has 186 valence electrons. The van der Waals surface area contributed by atoms with Crippen LogP contribution in [0.3, 0.4) is 0 Å². The number of aliphatic hydroxyl groups is 1. The van der Waals surface area contributed by atoms with Crippen LogP contribution in [0.4, 0.5) is 5.69 Å². The number of anilines is 1. The first-order valence-electron chi connectivity index (χ1n) is 11.4. The molecule has 0 bridgehead atoms. The summed E-state index contributed by atoms with van der Waals surface area (Å²) in [4.78, 5) is 28.2. The Hall–Kier alpha value is -3.97. The molecule has 0 aliphatic carbocycles. The molecule has 8 heteroatoms. The van der Waals surface area contributed by atoms with Crippen LogP contribution in [0.1, 0.15) is 35.2 Å². The van der Waals surface area contributed by atoms with E-state index < -0.39 is 17.7 Å². The fourth-order valence-corrected chi connectivity index (χ4v) is 4.67. The number of rotatable bonds is 6. The lowest BCUT2D eigenvalue weighted by Crippen LogP contribution is -2.30. The van der Waals surface area contributed by atoms with Crippen molar-refractivity contribution in [1.29, 1.82) is 0 Å². The monoisotopic (exact) mass is 507 g/mol. The number of aromatic hydroxyl groups is 1. The Labute approximate surface area is 214 Å². The lowest BCUT2D eigenvalue weighted by atomic mass is 9.94. The van der Waals surface area contributed by atoms with Crippen molar-refractivity contribution in [3.63, 3.8) is 0 Å². The molecule has 1 unspecified atom stereocenters. The van der Waals surface area contributed by atoms with E-state index in [9.17, 15) is 19.8 Å². The third kappa shape index (κ3) is 4.38. The highest BCUT2D eigenvalue weighted by Gasteiger charge is 2.47. The molecule has 0 saturated carbocycles. The van der Waals surface area contributed by atoms with Crippen LogP contribution in [0.5, 0.6) is 17.2 Å². The molecular formula is C28H26ClNO6. The largest absolute Gasteiger partial charge is 0.507 e. The first kappa shape index (κ1) is 25.1. The fraction of sp³-hybridized carbons (Fsp3) is 0.214. The van der Waals surface area contributed by atoms with Crippen molar-refractivity contribution in [3.8, 4) is 17.2 Å². The van der Waals surface area contributed by atoms with Crippen LogP contribution in [-0.2, 0) is 9.59 Å². The summed E-state index contributed by atoms with van der Waals surface area (Å²) >= 11 is 6.14. The molecule has 1 amide bonds. The molecule has 0 aromatic heterocycles. The molecule has 3 aromatic carbocycles. The number of nitrogens with zero attached hydrogens (tertiary/aromatic N) is 1. The van der Waals surface area contributed by atoms with E-state index in [-0.39, 0.29) is 22.8 Å². The Balaban J connectivity index is 1.98. The Kier molecular flexibility index (Phi) is 6.95. The molecule has 36 heavy (non-hydrogen) atoms. The number of hydrogen-bond acceptors (Lipinski definition) is 6. The minimum absolute atomic E-state index is 0.0768. The quantitative estimate of drug-likeness (QED) is 0.252. The number of phenols is 1. The number of aliphatic hydroxyl groups excluding tert-OH is 1. The molecule has 4 rings (SSSR count). The van der Waals surface area contributed by atoms with E-state index in [2.05, 4.69) is 0 Å². The van der Waals surface area contributed by atoms with Crippen LogP contribution in [0.25, 0.3) is 5.76 Å². The van der Waals surface area contributed by atoms with Gasteiger partial charge in [0.15, 0.2) is 11.5 Å².